The lowest BCUT2D eigenvalue weighted by molar-refractivity contribution is 0.0703. The minimum absolute atomic E-state index is 0.173. The number of aromatic nitrogens is 5. The van der Waals surface area contributed by atoms with E-state index in [1.165, 1.54) is 0 Å². The fraction of sp³-hybridized carbons (Fsp3) is 0.500. The Morgan fingerprint density at radius 3 is 2.90 bits per heavy atom. The van der Waals surface area contributed by atoms with Gasteiger partial charge in [-0.25, -0.2) is 9.78 Å². The third-order valence-electron chi connectivity index (χ3n) is 5.24. The zero-order chi connectivity index (χ0) is 20.4. The quantitative estimate of drug-likeness (QED) is 0.453. The number of nitrogen functional groups attached to an aromatic ring is 1. The Labute approximate surface area is 171 Å². The molecular weight excluding hydrogens is 392 g/mol. The van der Waals surface area contributed by atoms with Crippen LogP contribution in [0.25, 0.3) is 10.2 Å². The summed E-state index contributed by atoms with van der Waals surface area (Å²) in [7, 11) is 0. The van der Waals surface area contributed by atoms with Gasteiger partial charge in [0.05, 0.1) is 12.2 Å². The van der Waals surface area contributed by atoms with Crippen LogP contribution < -0.4 is 16.0 Å². The number of hydrogen-bond acceptors (Lipinski definition) is 9. The van der Waals surface area contributed by atoms with Crippen molar-refractivity contribution in [3.63, 3.8) is 0 Å². The van der Waals surface area contributed by atoms with Crippen molar-refractivity contribution in [3.05, 3.63) is 22.3 Å². The molecule has 154 valence electrons. The molecule has 1 aliphatic heterocycles. The van der Waals surface area contributed by atoms with E-state index in [2.05, 4.69) is 43.8 Å². The Bertz CT molecular complexity index is 995. The molecule has 0 unspecified atom stereocenters. The number of thiophene rings is 1. The van der Waals surface area contributed by atoms with Crippen molar-refractivity contribution >= 4 is 39.0 Å². The molecule has 0 aliphatic carbocycles. The van der Waals surface area contributed by atoms with E-state index in [1.54, 1.807) is 0 Å². The molecule has 3 aromatic rings. The second kappa shape index (κ2) is 8.29. The summed E-state index contributed by atoms with van der Waals surface area (Å²) in [6, 6.07) is 2.47. The van der Waals surface area contributed by atoms with Crippen LogP contribution >= 0.6 is 11.3 Å². The summed E-state index contributed by atoms with van der Waals surface area (Å²) >= 11 is 1.16. The van der Waals surface area contributed by atoms with Crippen LogP contribution in [0.3, 0.4) is 0 Å². The Hall–Kier alpha value is -2.79. The number of H-pyrrole nitrogens is 1. The highest BCUT2D eigenvalue weighted by Gasteiger charge is 2.24. The minimum atomic E-state index is -0.997. The Morgan fingerprint density at radius 1 is 1.45 bits per heavy atom. The van der Waals surface area contributed by atoms with Crippen LogP contribution in [0.5, 0.6) is 0 Å². The summed E-state index contributed by atoms with van der Waals surface area (Å²) in [4.78, 5) is 19.4. The monoisotopic (exact) mass is 416 g/mol. The SMILES string of the molecule is CCCc1cc(N2CCC(NCc3nn[nH]n3)CC2)nc2sc(C(=O)O)c(N)c12. The number of nitrogens with zero attached hydrogens (tertiary/aromatic N) is 5. The fourth-order valence-corrected chi connectivity index (χ4v) is 4.75. The molecule has 4 rings (SSSR count). The smallest absolute Gasteiger partial charge is 0.348 e. The number of carboxylic acids is 1. The Balaban J connectivity index is 1.51. The van der Waals surface area contributed by atoms with E-state index in [9.17, 15) is 9.90 Å². The zero-order valence-electron chi connectivity index (χ0n) is 16.2. The van der Waals surface area contributed by atoms with E-state index < -0.39 is 5.97 Å². The fourth-order valence-electron chi connectivity index (χ4n) is 3.78. The van der Waals surface area contributed by atoms with Gasteiger partial charge < -0.3 is 21.1 Å². The van der Waals surface area contributed by atoms with Crippen LogP contribution in [0.4, 0.5) is 11.5 Å². The van der Waals surface area contributed by atoms with Crippen LogP contribution in [0, 0.1) is 0 Å². The molecule has 0 radical (unpaired) electrons. The number of carboxylic acid groups (broad SMARTS) is 1. The first-order valence-electron chi connectivity index (χ1n) is 9.72. The molecule has 0 amide bonds. The third-order valence-corrected chi connectivity index (χ3v) is 6.33. The summed E-state index contributed by atoms with van der Waals surface area (Å²) < 4.78 is 0. The number of piperidine rings is 1. The number of nitrogens with two attached hydrogens (primary N) is 1. The molecule has 11 heteroatoms. The number of rotatable bonds is 7. The normalized spacial score (nSPS) is 15.3. The van der Waals surface area contributed by atoms with Gasteiger partial charge in [-0.3, -0.25) is 0 Å². The summed E-state index contributed by atoms with van der Waals surface area (Å²) in [5, 5.41) is 27.6. The second-order valence-corrected chi connectivity index (χ2v) is 8.19. The molecule has 0 spiro atoms. The molecule has 10 nitrogen and oxygen atoms in total. The van der Waals surface area contributed by atoms with Crippen molar-refractivity contribution in [1.29, 1.82) is 0 Å². The van der Waals surface area contributed by atoms with E-state index in [-0.39, 0.29) is 4.88 Å². The van der Waals surface area contributed by atoms with Crippen molar-refractivity contribution < 1.29 is 9.90 Å². The van der Waals surface area contributed by atoms with Crippen molar-refractivity contribution in [2.75, 3.05) is 23.7 Å². The minimum Gasteiger partial charge on any atom is -0.477 e. The molecule has 3 aromatic heterocycles. The van der Waals surface area contributed by atoms with Crippen LogP contribution in [0.1, 0.15) is 47.2 Å². The number of aromatic carboxylic acids is 1. The number of hydrogen-bond donors (Lipinski definition) is 4. The number of carbonyl (C=O) groups is 1. The predicted octanol–water partition coefficient (Wildman–Crippen LogP) is 1.80. The number of nitrogens with one attached hydrogen (secondary N) is 2. The molecule has 0 bridgehead atoms. The highest BCUT2D eigenvalue weighted by atomic mass is 32.1. The van der Waals surface area contributed by atoms with E-state index >= 15 is 0 Å². The number of pyridine rings is 1. The Morgan fingerprint density at radius 2 is 2.24 bits per heavy atom. The molecule has 0 aromatic carbocycles. The van der Waals surface area contributed by atoms with Gasteiger partial charge in [0.25, 0.3) is 0 Å². The van der Waals surface area contributed by atoms with Crippen molar-refractivity contribution in [3.8, 4) is 0 Å². The lowest BCUT2D eigenvalue weighted by Gasteiger charge is -2.33. The summed E-state index contributed by atoms with van der Waals surface area (Å²) in [6.07, 6.45) is 3.76. The first-order valence-corrected chi connectivity index (χ1v) is 10.5. The maximum Gasteiger partial charge on any atom is 0.348 e. The number of fused-ring (bicyclic) bond motifs is 1. The van der Waals surface area contributed by atoms with Crippen molar-refractivity contribution in [2.45, 2.75) is 45.2 Å². The summed E-state index contributed by atoms with van der Waals surface area (Å²) in [6.45, 7) is 4.45. The van der Waals surface area contributed by atoms with Gasteiger partial charge in [-0.2, -0.15) is 5.21 Å². The van der Waals surface area contributed by atoms with Gasteiger partial charge in [0.1, 0.15) is 15.5 Å². The van der Waals surface area contributed by atoms with Gasteiger partial charge >= 0.3 is 5.97 Å². The van der Waals surface area contributed by atoms with Crippen LogP contribution in [-0.4, -0.2) is 55.8 Å². The van der Waals surface area contributed by atoms with Gasteiger partial charge in [0, 0.05) is 24.5 Å². The largest absolute Gasteiger partial charge is 0.477 e. The molecule has 1 aliphatic rings. The standard InChI is InChI=1S/C18H24N8O2S/c1-2-3-10-8-13(21-17-14(10)15(19)16(29-17)18(27)28)26-6-4-11(5-7-26)20-9-12-22-24-25-23-12/h8,11,20H,2-7,9,19H2,1H3,(H,27,28)(H,22,23,24,25). The third kappa shape index (κ3) is 4.01. The molecule has 4 heterocycles. The predicted molar refractivity (Wildman–Crippen MR) is 111 cm³/mol. The van der Waals surface area contributed by atoms with Gasteiger partial charge in [-0.1, -0.05) is 18.6 Å². The van der Waals surface area contributed by atoms with E-state index in [1.807, 2.05) is 0 Å². The van der Waals surface area contributed by atoms with Gasteiger partial charge in [0.15, 0.2) is 5.82 Å². The van der Waals surface area contributed by atoms with Gasteiger partial charge in [-0.15, -0.1) is 21.5 Å². The van der Waals surface area contributed by atoms with Gasteiger partial charge in [0.2, 0.25) is 0 Å². The summed E-state index contributed by atoms with van der Waals surface area (Å²) in [5.74, 6) is 0.562. The first kappa shape index (κ1) is 19.5. The molecule has 0 atom stereocenters. The van der Waals surface area contributed by atoms with Crippen LogP contribution in [0.15, 0.2) is 6.07 Å². The Kier molecular flexibility index (Phi) is 5.58. The van der Waals surface area contributed by atoms with E-state index in [0.29, 0.717) is 28.9 Å². The number of tetrazole rings is 1. The molecule has 1 fully saturated rings. The molecular formula is C18H24N8O2S. The van der Waals surface area contributed by atoms with E-state index in [4.69, 9.17) is 10.7 Å². The topological polar surface area (TPSA) is 146 Å². The second-order valence-electron chi connectivity index (χ2n) is 7.19. The van der Waals surface area contributed by atoms with Crippen molar-refractivity contribution in [2.24, 2.45) is 0 Å². The highest BCUT2D eigenvalue weighted by Crippen LogP contribution is 2.37. The zero-order valence-corrected chi connectivity index (χ0v) is 17.0. The van der Waals surface area contributed by atoms with E-state index in [0.717, 1.165) is 66.9 Å². The van der Waals surface area contributed by atoms with Crippen LogP contribution in [-0.2, 0) is 13.0 Å². The number of anilines is 2. The van der Waals surface area contributed by atoms with Crippen molar-refractivity contribution in [1.82, 2.24) is 30.9 Å². The molecule has 5 N–H and O–H groups in total. The average molecular weight is 417 g/mol. The molecule has 29 heavy (non-hydrogen) atoms. The first-order chi connectivity index (χ1) is 14.1. The molecule has 1 saturated heterocycles. The average Bonchev–Trinajstić information content (AvgIpc) is 3.35. The number of aryl methyl sites for hydroxylation is 1. The number of aromatic amines is 1. The summed E-state index contributed by atoms with van der Waals surface area (Å²) in [5.41, 5.74) is 7.55. The lowest BCUT2D eigenvalue weighted by atomic mass is 10.0. The maximum absolute atomic E-state index is 11.5. The van der Waals surface area contributed by atoms with Crippen LogP contribution in [0.2, 0.25) is 0 Å². The highest BCUT2D eigenvalue weighted by molar-refractivity contribution is 7.21. The molecule has 0 saturated carbocycles. The lowest BCUT2D eigenvalue weighted by Crippen LogP contribution is -2.42. The maximum atomic E-state index is 11.5. The van der Waals surface area contributed by atoms with Gasteiger partial charge in [-0.05, 0) is 30.9 Å².